The van der Waals surface area contributed by atoms with Crippen molar-refractivity contribution >= 4 is 0 Å². The number of aromatic nitrogens is 3. The highest BCUT2D eigenvalue weighted by atomic mass is 19.4. The van der Waals surface area contributed by atoms with Crippen LogP contribution in [0.15, 0.2) is 30.5 Å². The van der Waals surface area contributed by atoms with Crippen LogP contribution in [0, 0.1) is 5.92 Å². The van der Waals surface area contributed by atoms with Crippen LogP contribution in [0.4, 0.5) is 13.2 Å². The van der Waals surface area contributed by atoms with E-state index < -0.39 is 11.7 Å². The van der Waals surface area contributed by atoms with E-state index >= 15 is 0 Å². The monoisotopic (exact) mass is 310 g/mol. The van der Waals surface area contributed by atoms with E-state index in [-0.39, 0.29) is 5.69 Å². The molecule has 4 nitrogen and oxygen atoms in total. The van der Waals surface area contributed by atoms with Crippen molar-refractivity contribution < 1.29 is 13.2 Å². The van der Waals surface area contributed by atoms with Crippen LogP contribution in [0.3, 0.4) is 0 Å². The molecule has 0 amide bonds. The maximum absolute atomic E-state index is 13.0. The molecule has 118 valence electrons. The molecule has 1 aliphatic rings. The molecule has 1 unspecified atom stereocenters. The number of piperidine rings is 1. The quantitative estimate of drug-likeness (QED) is 0.948. The average molecular weight is 310 g/mol. The van der Waals surface area contributed by atoms with Crippen molar-refractivity contribution in [3.8, 4) is 5.69 Å². The van der Waals surface area contributed by atoms with Crippen molar-refractivity contribution in [1.29, 1.82) is 0 Å². The van der Waals surface area contributed by atoms with E-state index in [1.807, 2.05) is 0 Å². The molecule has 22 heavy (non-hydrogen) atoms. The summed E-state index contributed by atoms with van der Waals surface area (Å²) in [6, 6.07) is 5.40. The van der Waals surface area contributed by atoms with Crippen molar-refractivity contribution in [3.63, 3.8) is 0 Å². The van der Waals surface area contributed by atoms with Crippen LogP contribution in [-0.2, 0) is 12.6 Å². The number of halogens is 3. The summed E-state index contributed by atoms with van der Waals surface area (Å²) < 4.78 is 40.3. The third-order valence-electron chi connectivity index (χ3n) is 3.89. The Balaban J connectivity index is 1.82. The fourth-order valence-electron chi connectivity index (χ4n) is 2.82. The van der Waals surface area contributed by atoms with Crippen LogP contribution in [0.25, 0.3) is 5.69 Å². The van der Waals surface area contributed by atoms with Gasteiger partial charge in [-0.1, -0.05) is 17.3 Å². The van der Waals surface area contributed by atoms with Crippen molar-refractivity contribution in [1.82, 2.24) is 20.3 Å². The van der Waals surface area contributed by atoms with E-state index in [1.165, 1.54) is 16.8 Å². The first-order valence-corrected chi connectivity index (χ1v) is 7.32. The van der Waals surface area contributed by atoms with Crippen LogP contribution in [-0.4, -0.2) is 28.1 Å². The van der Waals surface area contributed by atoms with Crippen molar-refractivity contribution in [2.45, 2.75) is 25.4 Å². The topological polar surface area (TPSA) is 42.7 Å². The first kappa shape index (κ1) is 15.0. The second-order valence-electron chi connectivity index (χ2n) is 5.59. The number of para-hydroxylation sites is 1. The minimum absolute atomic E-state index is 0.00974. The lowest BCUT2D eigenvalue weighted by Crippen LogP contribution is -2.30. The smallest absolute Gasteiger partial charge is 0.316 e. The van der Waals surface area contributed by atoms with E-state index in [9.17, 15) is 13.2 Å². The van der Waals surface area contributed by atoms with Crippen molar-refractivity contribution in [2.24, 2.45) is 5.92 Å². The second kappa shape index (κ2) is 6.08. The number of benzene rings is 1. The molecule has 1 atom stereocenters. The molecule has 1 aliphatic heterocycles. The number of nitrogens with zero attached hydrogens (tertiary/aromatic N) is 3. The lowest BCUT2D eigenvalue weighted by molar-refractivity contribution is -0.137. The molecule has 3 rings (SSSR count). The highest BCUT2D eigenvalue weighted by molar-refractivity contribution is 5.42. The molecule has 7 heteroatoms. The molecule has 1 N–H and O–H groups in total. The minimum Gasteiger partial charge on any atom is -0.316 e. The van der Waals surface area contributed by atoms with E-state index in [1.54, 1.807) is 12.3 Å². The first-order valence-electron chi connectivity index (χ1n) is 7.32. The largest absolute Gasteiger partial charge is 0.418 e. The Morgan fingerprint density at radius 2 is 2.09 bits per heavy atom. The van der Waals surface area contributed by atoms with E-state index in [0.29, 0.717) is 5.92 Å². The van der Waals surface area contributed by atoms with Gasteiger partial charge in [0.05, 0.1) is 23.1 Å². The van der Waals surface area contributed by atoms with Crippen molar-refractivity contribution in [2.75, 3.05) is 13.1 Å². The van der Waals surface area contributed by atoms with Gasteiger partial charge in [-0.25, -0.2) is 4.68 Å². The number of hydrogen-bond acceptors (Lipinski definition) is 3. The van der Waals surface area contributed by atoms with Gasteiger partial charge in [-0.3, -0.25) is 0 Å². The summed E-state index contributed by atoms with van der Waals surface area (Å²) in [5.74, 6) is 0.469. The normalized spacial score (nSPS) is 19.3. The number of hydrogen-bond donors (Lipinski definition) is 1. The summed E-state index contributed by atoms with van der Waals surface area (Å²) in [6.07, 6.45) is 0.158. The molecule has 1 aromatic heterocycles. The Labute approximate surface area is 126 Å². The maximum atomic E-state index is 13.0. The first-order chi connectivity index (χ1) is 10.5. The van der Waals surface area contributed by atoms with E-state index in [0.717, 1.165) is 44.1 Å². The highest BCUT2D eigenvalue weighted by Gasteiger charge is 2.34. The van der Waals surface area contributed by atoms with Gasteiger partial charge in [-0.2, -0.15) is 13.2 Å². The van der Waals surface area contributed by atoms with Crippen LogP contribution >= 0.6 is 0 Å². The van der Waals surface area contributed by atoms with E-state index in [4.69, 9.17) is 0 Å². The summed E-state index contributed by atoms with van der Waals surface area (Å²) in [5, 5.41) is 11.2. The molecule has 0 radical (unpaired) electrons. The summed E-state index contributed by atoms with van der Waals surface area (Å²) in [4.78, 5) is 0. The van der Waals surface area contributed by atoms with Gasteiger partial charge in [0, 0.05) is 0 Å². The van der Waals surface area contributed by atoms with Gasteiger partial charge in [0.1, 0.15) is 0 Å². The predicted octanol–water partition coefficient (Wildman–Crippen LogP) is 2.83. The van der Waals surface area contributed by atoms with Crippen molar-refractivity contribution in [3.05, 3.63) is 41.7 Å². The Kier molecular flexibility index (Phi) is 4.15. The van der Waals surface area contributed by atoms with Crippen LogP contribution < -0.4 is 5.32 Å². The van der Waals surface area contributed by atoms with Gasteiger partial charge in [-0.05, 0) is 50.4 Å². The lowest BCUT2D eigenvalue weighted by Gasteiger charge is -2.21. The number of alkyl halides is 3. The molecule has 0 aliphatic carbocycles. The van der Waals surface area contributed by atoms with Crippen LogP contribution in [0.1, 0.15) is 24.1 Å². The molecular weight excluding hydrogens is 293 g/mol. The third kappa shape index (κ3) is 3.30. The van der Waals surface area contributed by atoms with Gasteiger partial charge in [0.25, 0.3) is 0 Å². The summed E-state index contributed by atoms with van der Waals surface area (Å²) in [6.45, 7) is 1.95. The summed E-state index contributed by atoms with van der Waals surface area (Å²) >= 11 is 0. The van der Waals surface area contributed by atoms with Gasteiger partial charge >= 0.3 is 6.18 Å². The van der Waals surface area contributed by atoms with Gasteiger partial charge in [-0.15, -0.1) is 5.10 Å². The molecule has 1 saturated heterocycles. The molecule has 0 spiro atoms. The average Bonchev–Trinajstić information content (AvgIpc) is 2.96. The SMILES string of the molecule is FC(F)(F)c1ccccc1-n1cc(CC2CCCNC2)nn1. The standard InChI is InChI=1S/C15H17F3N4/c16-15(17,18)13-5-1-2-6-14(13)22-10-12(20-21-22)8-11-4-3-7-19-9-11/h1-2,5-6,10-11,19H,3-4,7-9H2. The van der Waals surface area contributed by atoms with Crippen LogP contribution in [0.2, 0.25) is 0 Å². The lowest BCUT2D eigenvalue weighted by atomic mass is 9.95. The Bertz CT molecular complexity index is 630. The highest BCUT2D eigenvalue weighted by Crippen LogP contribution is 2.33. The molecule has 0 bridgehead atoms. The van der Waals surface area contributed by atoms with E-state index in [2.05, 4.69) is 15.6 Å². The fourth-order valence-corrected chi connectivity index (χ4v) is 2.82. The maximum Gasteiger partial charge on any atom is 0.418 e. The zero-order chi connectivity index (χ0) is 15.6. The second-order valence-corrected chi connectivity index (χ2v) is 5.59. The number of nitrogens with one attached hydrogen (secondary N) is 1. The van der Waals surface area contributed by atoms with Crippen LogP contribution in [0.5, 0.6) is 0 Å². The zero-order valence-corrected chi connectivity index (χ0v) is 12.0. The molecule has 1 fully saturated rings. The predicted molar refractivity (Wildman–Crippen MR) is 75.7 cm³/mol. The molecule has 0 saturated carbocycles. The Morgan fingerprint density at radius 1 is 1.27 bits per heavy atom. The molecular formula is C15H17F3N4. The number of rotatable bonds is 3. The minimum atomic E-state index is -4.41. The molecule has 2 aromatic rings. The van der Waals surface area contributed by atoms with Gasteiger partial charge < -0.3 is 5.32 Å². The molecule has 1 aromatic carbocycles. The fraction of sp³-hybridized carbons (Fsp3) is 0.467. The van der Waals surface area contributed by atoms with Gasteiger partial charge in [0.15, 0.2) is 0 Å². The molecule has 2 heterocycles. The summed E-state index contributed by atoms with van der Waals surface area (Å²) in [7, 11) is 0. The third-order valence-corrected chi connectivity index (χ3v) is 3.89. The van der Waals surface area contributed by atoms with Gasteiger partial charge in [0.2, 0.25) is 0 Å². The Hall–Kier alpha value is -1.89. The zero-order valence-electron chi connectivity index (χ0n) is 12.0. The summed E-state index contributed by atoms with van der Waals surface area (Å²) in [5.41, 5.74) is 0.0342. The Morgan fingerprint density at radius 3 is 2.82 bits per heavy atom.